The summed E-state index contributed by atoms with van der Waals surface area (Å²) in [6.07, 6.45) is 4.02. The molecule has 0 aliphatic carbocycles. The van der Waals surface area contributed by atoms with Gasteiger partial charge in [-0.05, 0) is 12.5 Å². The van der Waals surface area contributed by atoms with Gasteiger partial charge in [-0.25, -0.2) is 0 Å². The number of rotatable bonds is 5. The lowest BCUT2D eigenvalue weighted by molar-refractivity contribution is -0.385. The Labute approximate surface area is 124 Å². The minimum atomic E-state index is -0.508. The van der Waals surface area contributed by atoms with Crippen LogP contribution in [0.5, 0.6) is 0 Å². The Balaban J connectivity index is 2.82. The van der Waals surface area contributed by atoms with Gasteiger partial charge >= 0.3 is 0 Å². The first-order chi connectivity index (χ1) is 8.91. The van der Waals surface area contributed by atoms with Crippen molar-refractivity contribution in [3.8, 4) is 0 Å². The quantitative estimate of drug-likeness (QED) is 0.452. The van der Waals surface area contributed by atoms with E-state index in [1.807, 2.05) is 0 Å². The van der Waals surface area contributed by atoms with Crippen LogP contribution in [0, 0.1) is 10.1 Å². The summed E-state index contributed by atoms with van der Waals surface area (Å²) in [5.74, 6) is 0.640. The van der Waals surface area contributed by atoms with E-state index < -0.39 is 4.92 Å². The van der Waals surface area contributed by atoms with Crippen LogP contribution in [-0.4, -0.2) is 15.8 Å². The van der Waals surface area contributed by atoms with Crippen molar-refractivity contribution < 1.29 is 9.72 Å². The molecule has 0 saturated heterocycles. The highest BCUT2D eigenvalue weighted by Gasteiger charge is 2.14. The third-order valence-corrected chi connectivity index (χ3v) is 3.72. The van der Waals surface area contributed by atoms with Gasteiger partial charge in [-0.2, -0.15) is 0 Å². The van der Waals surface area contributed by atoms with Crippen LogP contribution in [0.4, 0.5) is 5.69 Å². The highest BCUT2D eigenvalue weighted by molar-refractivity contribution is 8.13. The molecule has 0 aliphatic heterocycles. The molecule has 0 N–H and O–H groups in total. The highest BCUT2D eigenvalue weighted by Crippen LogP contribution is 2.31. The first-order valence-electron chi connectivity index (χ1n) is 5.35. The largest absolute Gasteiger partial charge is 0.288 e. The SMILES string of the molecule is CC(=O)SCCC=Cc1cc(Cl)c(Cl)cc1[N+](=O)[O-]. The number of nitro groups is 1. The second-order valence-electron chi connectivity index (χ2n) is 3.61. The van der Waals surface area contributed by atoms with Crippen LogP contribution in [0.25, 0.3) is 6.08 Å². The van der Waals surface area contributed by atoms with Crippen LogP contribution in [0.3, 0.4) is 0 Å². The highest BCUT2D eigenvalue weighted by atomic mass is 35.5. The topological polar surface area (TPSA) is 60.2 Å². The third kappa shape index (κ3) is 5.22. The normalized spacial score (nSPS) is 10.9. The second-order valence-corrected chi connectivity index (χ2v) is 5.70. The predicted molar refractivity (Wildman–Crippen MR) is 79.9 cm³/mol. The van der Waals surface area contributed by atoms with Crippen molar-refractivity contribution in [1.82, 2.24) is 0 Å². The zero-order valence-corrected chi connectivity index (χ0v) is 12.4. The van der Waals surface area contributed by atoms with E-state index >= 15 is 0 Å². The Morgan fingerprint density at radius 1 is 1.42 bits per heavy atom. The fourth-order valence-corrected chi connectivity index (χ4v) is 2.20. The van der Waals surface area contributed by atoms with Gasteiger partial charge in [0, 0.05) is 18.7 Å². The number of carbonyl (C=O) groups excluding carboxylic acids is 1. The van der Waals surface area contributed by atoms with Gasteiger partial charge in [0.05, 0.1) is 20.5 Å². The van der Waals surface area contributed by atoms with Gasteiger partial charge in [0.15, 0.2) is 5.12 Å². The van der Waals surface area contributed by atoms with Crippen LogP contribution in [0.15, 0.2) is 18.2 Å². The summed E-state index contributed by atoms with van der Waals surface area (Å²) in [6.45, 7) is 1.50. The van der Waals surface area contributed by atoms with E-state index in [9.17, 15) is 14.9 Å². The predicted octanol–water partition coefficient (Wildman–Crippen LogP) is 4.58. The van der Waals surface area contributed by atoms with E-state index in [2.05, 4.69) is 0 Å². The van der Waals surface area contributed by atoms with Crippen molar-refractivity contribution >= 4 is 51.8 Å². The summed E-state index contributed by atoms with van der Waals surface area (Å²) in [7, 11) is 0. The number of carbonyl (C=O) groups is 1. The number of benzene rings is 1. The van der Waals surface area contributed by atoms with Crippen LogP contribution in [0.2, 0.25) is 10.0 Å². The van der Waals surface area contributed by atoms with Gasteiger partial charge in [-0.15, -0.1) is 0 Å². The van der Waals surface area contributed by atoms with E-state index in [1.165, 1.54) is 30.8 Å². The van der Waals surface area contributed by atoms with Gasteiger partial charge in [0.2, 0.25) is 0 Å². The summed E-state index contributed by atoms with van der Waals surface area (Å²) in [6, 6.07) is 2.69. The summed E-state index contributed by atoms with van der Waals surface area (Å²) in [4.78, 5) is 21.1. The number of halogens is 2. The number of thioether (sulfide) groups is 1. The molecule has 1 aromatic carbocycles. The van der Waals surface area contributed by atoms with Crippen LogP contribution in [-0.2, 0) is 4.79 Å². The molecule has 0 unspecified atom stereocenters. The monoisotopic (exact) mass is 319 g/mol. The fraction of sp³-hybridized carbons (Fsp3) is 0.250. The third-order valence-electron chi connectivity index (χ3n) is 2.15. The van der Waals surface area contributed by atoms with Crippen LogP contribution < -0.4 is 0 Å². The average molecular weight is 320 g/mol. The lowest BCUT2D eigenvalue weighted by Gasteiger charge is -2.01. The van der Waals surface area contributed by atoms with Crippen molar-refractivity contribution in [2.75, 3.05) is 5.75 Å². The van der Waals surface area contributed by atoms with E-state index in [4.69, 9.17) is 23.2 Å². The molecule has 19 heavy (non-hydrogen) atoms. The van der Waals surface area contributed by atoms with E-state index in [0.29, 0.717) is 17.7 Å². The Morgan fingerprint density at radius 2 is 2.05 bits per heavy atom. The maximum Gasteiger partial charge on any atom is 0.278 e. The Hall–Kier alpha value is -1.04. The molecular formula is C12H11Cl2NO3S. The number of hydrogen-bond acceptors (Lipinski definition) is 4. The first kappa shape index (κ1) is 16.0. The molecule has 7 heteroatoms. The molecule has 102 valence electrons. The van der Waals surface area contributed by atoms with Crippen molar-refractivity contribution in [2.24, 2.45) is 0 Å². The number of allylic oxidation sites excluding steroid dienone is 1. The zero-order chi connectivity index (χ0) is 14.4. The minimum absolute atomic E-state index is 0.0499. The molecule has 0 atom stereocenters. The molecule has 1 aromatic rings. The minimum Gasteiger partial charge on any atom is -0.288 e. The van der Waals surface area contributed by atoms with Crippen LogP contribution >= 0.6 is 35.0 Å². The zero-order valence-electron chi connectivity index (χ0n) is 10.1. The van der Waals surface area contributed by atoms with E-state index in [1.54, 1.807) is 12.2 Å². The van der Waals surface area contributed by atoms with Crippen molar-refractivity contribution in [2.45, 2.75) is 13.3 Å². The molecule has 0 fully saturated rings. The molecular weight excluding hydrogens is 309 g/mol. The van der Waals surface area contributed by atoms with Crippen LogP contribution in [0.1, 0.15) is 18.9 Å². The molecule has 1 rings (SSSR count). The first-order valence-corrected chi connectivity index (χ1v) is 7.09. The van der Waals surface area contributed by atoms with Crippen molar-refractivity contribution in [3.05, 3.63) is 43.9 Å². The Bertz CT molecular complexity index is 532. The van der Waals surface area contributed by atoms with E-state index in [0.717, 1.165) is 0 Å². The number of nitro benzene ring substituents is 1. The summed E-state index contributed by atoms with van der Waals surface area (Å²) in [5.41, 5.74) is 0.303. The molecule has 0 aliphatic rings. The molecule has 0 amide bonds. The maximum absolute atomic E-state index is 10.9. The standard InChI is InChI=1S/C12H11Cl2NO3S/c1-8(16)19-5-3-2-4-9-6-10(13)11(14)7-12(9)15(17)18/h2,4,6-7H,3,5H2,1H3. The van der Waals surface area contributed by atoms with Crippen molar-refractivity contribution in [1.29, 1.82) is 0 Å². The van der Waals surface area contributed by atoms with Gasteiger partial charge in [-0.3, -0.25) is 14.9 Å². The fourth-order valence-electron chi connectivity index (χ4n) is 1.32. The second kappa shape index (κ2) is 7.53. The molecule has 0 radical (unpaired) electrons. The number of nitrogens with zero attached hydrogens (tertiary/aromatic N) is 1. The number of hydrogen-bond donors (Lipinski definition) is 0. The summed E-state index contributed by atoms with van der Waals surface area (Å²) in [5, 5.41) is 11.4. The maximum atomic E-state index is 10.9. The van der Waals surface area contributed by atoms with Crippen molar-refractivity contribution in [3.63, 3.8) is 0 Å². The molecule has 0 aromatic heterocycles. The summed E-state index contributed by atoms with van der Waals surface area (Å²) < 4.78 is 0. The Kier molecular flexibility index (Phi) is 6.34. The molecule has 0 spiro atoms. The smallest absolute Gasteiger partial charge is 0.278 e. The Morgan fingerprint density at radius 3 is 2.63 bits per heavy atom. The molecule has 0 bridgehead atoms. The van der Waals surface area contributed by atoms with Gasteiger partial charge in [0.1, 0.15) is 0 Å². The van der Waals surface area contributed by atoms with Gasteiger partial charge in [0.25, 0.3) is 5.69 Å². The van der Waals surface area contributed by atoms with E-state index in [-0.39, 0.29) is 20.8 Å². The van der Waals surface area contributed by atoms with Gasteiger partial charge in [-0.1, -0.05) is 47.1 Å². The lowest BCUT2D eigenvalue weighted by Crippen LogP contribution is -1.92. The lowest BCUT2D eigenvalue weighted by atomic mass is 10.1. The molecule has 0 heterocycles. The molecule has 4 nitrogen and oxygen atoms in total. The molecule has 0 saturated carbocycles. The summed E-state index contributed by atoms with van der Waals surface area (Å²) >= 11 is 12.8. The van der Waals surface area contributed by atoms with Gasteiger partial charge < -0.3 is 0 Å². The average Bonchev–Trinajstić information content (AvgIpc) is 2.32.